The molecule has 152 valence electrons. The van der Waals surface area contributed by atoms with E-state index < -0.39 is 15.9 Å². The van der Waals surface area contributed by atoms with Crippen molar-refractivity contribution < 1.29 is 17.9 Å². The first-order chi connectivity index (χ1) is 12.9. The topological polar surface area (TPSA) is 98.5 Å². The van der Waals surface area contributed by atoms with Crippen LogP contribution in [0.1, 0.15) is 24.0 Å². The van der Waals surface area contributed by atoms with Crippen molar-refractivity contribution in [2.75, 3.05) is 11.9 Å². The van der Waals surface area contributed by atoms with Gasteiger partial charge in [-0.25, -0.2) is 8.42 Å². The first-order valence-electron chi connectivity index (χ1n) is 8.95. The zero-order valence-electron chi connectivity index (χ0n) is 15.4. The normalized spacial score (nSPS) is 19.0. The van der Waals surface area contributed by atoms with E-state index in [9.17, 15) is 13.2 Å². The van der Waals surface area contributed by atoms with E-state index in [1.165, 1.54) is 0 Å². The minimum Gasteiger partial charge on any atom is -0.364 e. The van der Waals surface area contributed by atoms with E-state index in [0.717, 1.165) is 12.0 Å². The van der Waals surface area contributed by atoms with Gasteiger partial charge in [-0.1, -0.05) is 42.5 Å². The van der Waals surface area contributed by atoms with E-state index in [1.807, 2.05) is 18.2 Å². The third-order valence-corrected chi connectivity index (χ3v) is 6.02. The van der Waals surface area contributed by atoms with Crippen molar-refractivity contribution in [1.82, 2.24) is 0 Å². The Labute approximate surface area is 171 Å². The fourth-order valence-electron chi connectivity index (χ4n) is 3.17. The molecule has 6 nitrogen and oxygen atoms in total. The van der Waals surface area contributed by atoms with Crippen LogP contribution in [-0.2, 0) is 30.9 Å². The molecule has 0 bridgehead atoms. The highest BCUT2D eigenvalue weighted by molar-refractivity contribution is 7.89. The minimum atomic E-state index is -3.31. The van der Waals surface area contributed by atoms with Crippen LogP contribution < -0.4 is 11.1 Å². The summed E-state index contributed by atoms with van der Waals surface area (Å²) in [4.78, 5) is 12.3. The molecule has 1 aliphatic heterocycles. The molecule has 3 N–H and O–H groups in total. The van der Waals surface area contributed by atoms with Crippen LogP contribution in [0.4, 0.5) is 5.69 Å². The number of anilines is 1. The van der Waals surface area contributed by atoms with E-state index in [-0.39, 0.29) is 35.9 Å². The standard InChI is InChI=1S/C20H24N2O4S.ClH/c21-12-18-9-10-19(26-18)20(23)22-17-8-4-7-16(11-17)14-27(24,25)13-15-5-2-1-3-6-15;/h1-8,11,18-19H,9-10,12-14,21H2,(H,22,23);1H/t18-,19+;/m1./s1. The second kappa shape index (κ2) is 10.0. The summed E-state index contributed by atoms with van der Waals surface area (Å²) < 4.78 is 30.5. The van der Waals surface area contributed by atoms with Gasteiger partial charge in [0.15, 0.2) is 9.84 Å². The molecule has 1 saturated heterocycles. The average Bonchev–Trinajstić information content (AvgIpc) is 3.11. The third-order valence-electron chi connectivity index (χ3n) is 4.47. The van der Waals surface area contributed by atoms with Gasteiger partial charge in [0.05, 0.1) is 17.6 Å². The Morgan fingerprint density at radius 3 is 2.39 bits per heavy atom. The molecular formula is C20H25ClN2O4S. The highest BCUT2D eigenvalue weighted by Gasteiger charge is 2.29. The van der Waals surface area contributed by atoms with Crippen molar-refractivity contribution in [3.63, 3.8) is 0 Å². The Morgan fingerprint density at radius 1 is 1.04 bits per heavy atom. The summed E-state index contributed by atoms with van der Waals surface area (Å²) in [5.74, 6) is -0.322. The Kier molecular flexibility index (Phi) is 8.00. The molecule has 0 saturated carbocycles. The summed E-state index contributed by atoms with van der Waals surface area (Å²) in [6.45, 7) is 0.401. The summed E-state index contributed by atoms with van der Waals surface area (Å²) in [5, 5.41) is 2.80. The fourth-order valence-corrected chi connectivity index (χ4v) is 4.66. The molecule has 2 aromatic rings. The van der Waals surface area contributed by atoms with Crippen molar-refractivity contribution in [2.45, 2.75) is 36.6 Å². The summed E-state index contributed by atoms with van der Waals surface area (Å²) in [7, 11) is -3.31. The SMILES string of the molecule is Cl.NC[C@H]1CC[C@@H](C(=O)Nc2cccc(CS(=O)(=O)Cc3ccccc3)c2)O1. The lowest BCUT2D eigenvalue weighted by Crippen LogP contribution is -2.29. The van der Waals surface area contributed by atoms with Gasteiger partial charge >= 0.3 is 0 Å². The van der Waals surface area contributed by atoms with E-state index >= 15 is 0 Å². The molecule has 1 fully saturated rings. The van der Waals surface area contributed by atoms with Crippen molar-refractivity contribution >= 4 is 33.8 Å². The molecule has 1 aliphatic rings. The third kappa shape index (κ3) is 6.31. The number of carbonyl (C=O) groups excluding carboxylic acids is 1. The largest absolute Gasteiger partial charge is 0.364 e. The average molecular weight is 425 g/mol. The van der Waals surface area contributed by atoms with Gasteiger partial charge < -0.3 is 15.8 Å². The van der Waals surface area contributed by atoms with E-state index in [1.54, 1.807) is 36.4 Å². The molecule has 8 heteroatoms. The molecule has 0 radical (unpaired) electrons. The molecule has 0 aromatic heterocycles. The molecule has 3 rings (SSSR count). The fraction of sp³-hybridized carbons (Fsp3) is 0.350. The Bertz CT molecular complexity index is 890. The predicted molar refractivity (Wildman–Crippen MR) is 112 cm³/mol. The van der Waals surface area contributed by atoms with Crippen LogP contribution in [0.5, 0.6) is 0 Å². The van der Waals surface area contributed by atoms with Crippen LogP contribution in [0, 0.1) is 0 Å². The number of halogens is 1. The molecule has 28 heavy (non-hydrogen) atoms. The number of ether oxygens (including phenoxy) is 1. The number of hydrogen-bond acceptors (Lipinski definition) is 5. The smallest absolute Gasteiger partial charge is 0.253 e. The molecule has 0 aliphatic carbocycles. The van der Waals surface area contributed by atoms with Gasteiger partial charge in [0.2, 0.25) is 0 Å². The Balaban J connectivity index is 0.00000280. The van der Waals surface area contributed by atoms with Crippen molar-refractivity contribution in [3.05, 3.63) is 65.7 Å². The van der Waals surface area contributed by atoms with Gasteiger partial charge in [-0.15, -0.1) is 12.4 Å². The Morgan fingerprint density at radius 2 is 1.71 bits per heavy atom. The summed E-state index contributed by atoms with van der Waals surface area (Å²) in [6, 6.07) is 16.0. The van der Waals surface area contributed by atoms with Crippen LogP contribution in [0.2, 0.25) is 0 Å². The first kappa shape index (κ1) is 22.4. The molecule has 0 unspecified atom stereocenters. The highest BCUT2D eigenvalue weighted by Crippen LogP contribution is 2.21. The number of sulfone groups is 1. The lowest BCUT2D eigenvalue weighted by molar-refractivity contribution is -0.126. The molecular weight excluding hydrogens is 400 g/mol. The van der Waals surface area contributed by atoms with Gasteiger partial charge in [0, 0.05) is 12.2 Å². The molecule has 2 aromatic carbocycles. The predicted octanol–water partition coefficient (Wildman–Crippen LogP) is 2.67. The van der Waals surface area contributed by atoms with E-state index in [2.05, 4.69) is 5.32 Å². The van der Waals surface area contributed by atoms with Gasteiger partial charge in [-0.05, 0) is 36.1 Å². The maximum Gasteiger partial charge on any atom is 0.253 e. The van der Waals surface area contributed by atoms with Crippen molar-refractivity contribution in [3.8, 4) is 0 Å². The lowest BCUT2D eigenvalue weighted by Gasteiger charge is -2.13. The van der Waals surface area contributed by atoms with Crippen LogP contribution >= 0.6 is 12.4 Å². The Hall–Kier alpha value is -1.93. The summed E-state index contributed by atoms with van der Waals surface area (Å²) in [6.07, 6.45) is 0.824. The zero-order valence-corrected chi connectivity index (χ0v) is 17.0. The van der Waals surface area contributed by atoms with Crippen molar-refractivity contribution in [2.24, 2.45) is 5.73 Å². The van der Waals surface area contributed by atoms with E-state index in [4.69, 9.17) is 10.5 Å². The second-order valence-corrected chi connectivity index (χ2v) is 8.83. The van der Waals surface area contributed by atoms with E-state index in [0.29, 0.717) is 24.2 Å². The monoisotopic (exact) mass is 424 g/mol. The zero-order chi connectivity index (χ0) is 19.3. The number of nitrogens with one attached hydrogen (secondary N) is 1. The number of rotatable bonds is 7. The first-order valence-corrected chi connectivity index (χ1v) is 10.8. The molecule has 2 atom stereocenters. The van der Waals surface area contributed by atoms with Gasteiger partial charge in [-0.2, -0.15) is 0 Å². The number of carbonyl (C=O) groups is 1. The number of hydrogen-bond donors (Lipinski definition) is 2. The van der Waals surface area contributed by atoms with Gasteiger partial charge in [-0.3, -0.25) is 4.79 Å². The number of nitrogens with two attached hydrogens (primary N) is 1. The van der Waals surface area contributed by atoms with Crippen LogP contribution in [0.15, 0.2) is 54.6 Å². The maximum atomic E-state index is 12.5. The maximum absolute atomic E-state index is 12.5. The van der Waals surface area contributed by atoms with Crippen LogP contribution in [0.25, 0.3) is 0 Å². The van der Waals surface area contributed by atoms with Gasteiger partial charge in [0.25, 0.3) is 5.91 Å². The summed E-state index contributed by atoms with van der Waals surface area (Å²) >= 11 is 0. The van der Waals surface area contributed by atoms with Crippen LogP contribution in [0.3, 0.4) is 0 Å². The van der Waals surface area contributed by atoms with Crippen LogP contribution in [-0.4, -0.2) is 33.1 Å². The molecule has 1 amide bonds. The van der Waals surface area contributed by atoms with Gasteiger partial charge in [0.1, 0.15) is 6.10 Å². The minimum absolute atomic E-state index is 0. The summed E-state index contributed by atoms with van der Waals surface area (Å²) in [5.41, 5.74) is 7.53. The highest BCUT2D eigenvalue weighted by atomic mass is 35.5. The number of amides is 1. The second-order valence-electron chi connectivity index (χ2n) is 6.77. The number of benzene rings is 2. The molecule has 0 spiro atoms. The molecule has 1 heterocycles. The lowest BCUT2D eigenvalue weighted by atomic mass is 10.1. The quantitative estimate of drug-likeness (QED) is 0.711. The van der Waals surface area contributed by atoms with Crippen molar-refractivity contribution in [1.29, 1.82) is 0 Å².